The molecule has 0 atom stereocenters. The zero-order valence-corrected chi connectivity index (χ0v) is 8.59. The molecule has 0 aromatic carbocycles. The maximum Gasteiger partial charge on any atom is 0.115 e. The molecule has 0 amide bonds. The summed E-state index contributed by atoms with van der Waals surface area (Å²) >= 11 is 0. The smallest absolute Gasteiger partial charge is 0.115 e. The van der Waals surface area contributed by atoms with Crippen molar-refractivity contribution in [3.05, 3.63) is 23.3 Å². The first-order chi connectivity index (χ1) is 6.09. The third-order valence-electron chi connectivity index (χ3n) is 2.59. The average molecular weight is 176 g/mol. The van der Waals surface area contributed by atoms with Gasteiger partial charge in [0, 0.05) is 11.1 Å². The molecule has 0 bridgehead atoms. The molecule has 13 heavy (non-hydrogen) atoms. The molecule has 0 unspecified atom stereocenters. The van der Waals surface area contributed by atoms with Crippen LogP contribution in [0.3, 0.4) is 0 Å². The molecule has 0 spiro atoms. The SMILES string of the molecule is CC(C)(C)c1ncnc2c1CCC2. The fourth-order valence-electron chi connectivity index (χ4n) is 2.01. The number of aromatic nitrogens is 2. The summed E-state index contributed by atoms with van der Waals surface area (Å²) in [5.41, 5.74) is 4.10. The molecule has 1 heterocycles. The highest BCUT2D eigenvalue weighted by Gasteiger charge is 2.24. The summed E-state index contributed by atoms with van der Waals surface area (Å²) < 4.78 is 0. The van der Waals surface area contributed by atoms with Crippen molar-refractivity contribution in [2.24, 2.45) is 0 Å². The Hall–Kier alpha value is -0.920. The second-order valence-electron chi connectivity index (χ2n) is 4.75. The van der Waals surface area contributed by atoms with E-state index in [0.717, 1.165) is 6.42 Å². The number of hydrogen-bond donors (Lipinski definition) is 0. The maximum atomic E-state index is 4.41. The number of hydrogen-bond acceptors (Lipinski definition) is 2. The Morgan fingerprint density at radius 3 is 2.62 bits per heavy atom. The van der Waals surface area contributed by atoms with E-state index in [1.54, 1.807) is 6.33 Å². The van der Waals surface area contributed by atoms with Gasteiger partial charge in [0.1, 0.15) is 6.33 Å². The van der Waals surface area contributed by atoms with Gasteiger partial charge in [-0.15, -0.1) is 0 Å². The van der Waals surface area contributed by atoms with Gasteiger partial charge in [-0.05, 0) is 24.8 Å². The van der Waals surface area contributed by atoms with Crippen LogP contribution in [0.4, 0.5) is 0 Å². The van der Waals surface area contributed by atoms with Crippen LogP contribution >= 0.6 is 0 Å². The van der Waals surface area contributed by atoms with Crippen molar-refractivity contribution < 1.29 is 0 Å². The first kappa shape index (κ1) is 8.67. The lowest BCUT2D eigenvalue weighted by atomic mass is 9.88. The Kier molecular flexibility index (Phi) is 1.86. The van der Waals surface area contributed by atoms with Gasteiger partial charge in [0.25, 0.3) is 0 Å². The third kappa shape index (κ3) is 1.45. The first-order valence-electron chi connectivity index (χ1n) is 4.92. The van der Waals surface area contributed by atoms with E-state index in [9.17, 15) is 0 Å². The van der Waals surface area contributed by atoms with Crippen LogP contribution in [0, 0.1) is 0 Å². The van der Waals surface area contributed by atoms with Crippen molar-refractivity contribution in [2.75, 3.05) is 0 Å². The van der Waals surface area contributed by atoms with Gasteiger partial charge in [-0.2, -0.15) is 0 Å². The Morgan fingerprint density at radius 1 is 1.15 bits per heavy atom. The van der Waals surface area contributed by atoms with Gasteiger partial charge in [0.15, 0.2) is 0 Å². The standard InChI is InChI=1S/C11H16N2/c1-11(2,3)10-8-5-4-6-9(8)12-7-13-10/h7H,4-6H2,1-3H3. The van der Waals surface area contributed by atoms with E-state index in [4.69, 9.17) is 0 Å². The molecule has 0 saturated carbocycles. The monoisotopic (exact) mass is 176 g/mol. The van der Waals surface area contributed by atoms with E-state index >= 15 is 0 Å². The van der Waals surface area contributed by atoms with Crippen LogP contribution in [0.15, 0.2) is 6.33 Å². The van der Waals surface area contributed by atoms with Crippen LogP contribution in [0.25, 0.3) is 0 Å². The van der Waals surface area contributed by atoms with Gasteiger partial charge in [0.2, 0.25) is 0 Å². The van der Waals surface area contributed by atoms with Gasteiger partial charge in [-0.1, -0.05) is 20.8 Å². The highest BCUT2D eigenvalue weighted by atomic mass is 14.9. The molecular formula is C11H16N2. The maximum absolute atomic E-state index is 4.41. The average Bonchev–Trinajstić information content (AvgIpc) is 2.48. The fraction of sp³-hybridized carbons (Fsp3) is 0.636. The lowest BCUT2D eigenvalue weighted by Gasteiger charge is -2.20. The first-order valence-corrected chi connectivity index (χ1v) is 4.92. The van der Waals surface area contributed by atoms with Crippen LogP contribution in [-0.4, -0.2) is 9.97 Å². The zero-order valence-electron chi connectivity index (χ0n) is 8.59. The van der Waals surface area contributed by atoms with Gasteiger partial charge >= 0.3 is 0 Å². The van der Waals surface area contributed by atoms with Crippen molar-refractivity contribution in [3.63, 3.8) is 0 Å². The Bertz CT molecular complexity index is 323. The van der Waals surface area contributed by atoms with Crippen molar-refractivity contribution in [1.82, 2.24) is 9.97 Å². The van der Waals surface area contributed by atoms with Crippen molar-refractivity contribution in [2.45, 2.75) is 45.4 Å². The Morgan fingerprint density at radius 2 is 1.92 bits per heavy atom. The quantitative estimate of drug-likeness (QED) is 0.606. The molecule has 2 heteroatoms. The molecule has 0 N–H and O–H groups in total. The molecule has 2 rings (SSSR count). The molecule has 0 fully saturated rings. The van der Waals surface area contributed by atoms with E-state index in [0.29, 0.717) is 0 Å². The van der Waals surface area contributed by atoms with Crippen molar-refractivity contribution >= 4 is 0 Å². The van der Waals surface area contributed by atoms with Gasteiger partial charge in [0.05, 0.1) is 5.69 Å². The molecular weight excluding hydrogens is 160 g/mol. The number of fused-ring (bicyclic) bond motifs is 1. The van der Waals surface area contributed by atoms with E-state index in [1.165, 1.54) is 29.8 Å². The largest absolute Gasteiger partial charge is 0.241 e. The number of nitrogens with zero attached hydrogens (tertiary/aromatic N) is 2. The molecule has 1 aliphatic rings. The molecule has 0 saturated heterocycles. The van der Waals surface area contributed by atoms with E-state index in [-0.39, 0.29) is 5.41 Å². The topological polar surface area (TPSA) is 25.8 Å². The minimum absolute atomic E-state index is 0.164. The Labute approximate surface area is 79.4 Å². The van der Waals surface area contributed by atoms with E-state index < -0.39 is 0 Å². The van der Waals surface area contributed by atoms with Crippen molar-refractivity contribution in [3.8, 4) is 0 Å². The lowest BCUT2D eigenvalue weighted by molar-refractivity contribution is 0.559. The highest BCUT2D eigenvalue weighted by molar-refractivity contribution is 5.32. The summed E-state index contributed by atoms with van der Waals surface area (Å²) in [5, 5.41) is 0. The van der Waals surface area contributed by atoms with Crippen LogP contribution in [0.2, 0.25) is 0 Å². The van der Waals surface area contributed by atoms with Crippen molar-refractivity contribution in [1.29, 1.82) is 0 Å². The number of rotatable bonds is 0. The molecule has 0 radical (unpaired) electrons. The second kappa shape index (κ2) is 2.79. The van der Waals surface area contributed by atoms with Gasteiger partial charge in [-0.3, -0.25) is 0 Å². The minimum Gasteiger partial charge on any atom is -0.241 e. The molecule has 2 nitrogen and oxygen atoms in total. The summed E-state index contributed by atoms with van der Waals surface area (Å²) in [4.78, 5) is 8.73. The molecule has 1 aliphatic carbocycles. The second-order valence-corrected chi connectivity index (χ2v) is 4.75. The summed E-state index contributed by atoms with van der Waals surface area (Å²) in [7, 11) is 0. The molecule has 1 aromatic heterocycles. The number of aryl methyl sites for hydroxylation is 1. The summed E-state index contributed by atoms with van der Waals surface area (Å²) in [5.74, 6) is 0. The van der Waals surface area contributed by atoms with Crippen LogP contribution in [0.1, 0.15) is 44.1 Å². The summed E-state index contributed by atoms with van der Waals surface area (Å²) in [6, 6.07) is 0. The molecule has 0 aliphatic heterocycles. The lowest BCUT2D eigenvalue weighted by Crippen LogP contribution is -2.17. The minimum atomic E-state index is 0.164. The highest BCUT2D eigenvalue weighted by Crippen LogP contribution is 2.29. The van der Waals surface area contributed by atoms with E-state index in [2.05, 4.69) is 30.7 Å². The zero-order chi connectivity index (χ0) is 9.47. The third-order valence-corrected chi connectivity index (χ3v) is 2.59. The molecule has 70 valence electrons. The Balaban J connectivity index is 2.54. The van der Waals surface area contributed by atoms with Crippen LogP contribution in [0.5, 0.6) is 0 Å². The summed E-state index contributed by atoms with van der Waals surface area (Å²) in [6.07, 6.45) is 5.27. The van der Waals surface area contributed by atoms with Gasteiger partial charge < -0.3 is 0 Å². The summed E-state index contributed by atoms with van der Waals surface area (Å²) in [6.45, 7) is 6.65. The molecule has 1 aromatic rings. The van der Waals surface area contributed by atoms with Crippen LogP contribution in [-0.2, 0) is 18.3 Å². The van der Waals surface area contributed by atoms with Gasteiger partial charge in [-0.25, -0.2) is 9.97 Å². The van der Waals surface area contributed by atoms with Crippen LogP contribution < -0.4 is 0 Å². The predicted octanol–water partition coefficient (Wildman–Crippen LogP) is 2.26. The predicted molar refractivity (Wildman–Crippen MR) is 52.8 cm³/mol. The van der Waals surface area contributed by atoms with E-state index in [1.807, 2.05) is 0 Å². The normalized spacial score (nSPS) is 15.9. The fourth-order valence-corrected chi connectivity index (χ4v) is 2.01.